The summed E-state index contributed by atoms with van der Waals surface area (Å²) in [6, 6.07) is 2.72. The van der Waals surface area contributed by atoms with Crippen LogP contribution in [0.3, 0.4) is 0 Å². The van der Waals surface area contributed by atoms with Gasteiger partial charge in [-0.1, -0.05) is 16.2 Å². The molecule has 2 aromatic rings. The standard InChI is InChI=1S/C22H25F5N5O2P/c1-11(22(26,27)35)19-16(4-6-28-20(19)30-13(3)34)17-8-14(21(23,24)25)9-18(31-17)32-7-5-15(10-32)29-12(2)33/h4,6,8-9,11,15H,5,7,10,35H2,1-3H3,(H,29,33)(H,28,30,34)/t11-,15+/m1/s1. The summed E-state index contributed by atoms with van der Waals surface area (Å²) in [6.45, 7) is 4.30. The Morgan fingerprint density at radius 1 is 1.17 bits per heavy atom. The molecule has 1 saturated heterocycles. The Bertz CT molecular complexity index is 1120. The maximum atomic E-state index is 14.3. The van der Waals surface area contributed by atoms with Crippen LogP contribution >= 0.6 is 9.24 Å². The zero-order chi connectivity index (χ0) is 26.1. The lowest BCUT2D eigenvalue weighted by Crippen LogP contribution is -2.35. The molecule has 3 heterocycles. The van der Waals surface area contributed by atoms with Gasteiger partial charge in [-0.3, -0.25) is 9.59 Å². The summed E-state index contributed by atoms with van der Waals surface area (Å²) in [5.74, 6) is -2.55. The van der Waals surface area contributed by atoms with Crippen LogP contribution in [0.15, 0.2) is 24.4 Å². The molecule has 13 heteroatoms. The summed E-state index contributed by atoms with van der Waals surface area (Å²) in [5, 5.41) is 5.12. The number of alkyl halides is 5. The number of nitrogens with zero attached hydrogens (tertiary/aromatic N) is 3. The second-order valence-corrected chi connectivity index (χ2v) is 9.20. The predicted octanol–water partition coefficient (Wildman–Crippen LogP) is 4.41. The number of amides is 2. The molecule has 7 nitrogen and oxygen atoms in total. The number of aromatic nitrogens is 2. The summed E-state index contributed by atoms with van der Waals surface area (Å²) < 4.78 is 70.1. The molecule has 2 N–H and O–H groups in total. The van der Waals surface area contributed by atoms with Crippen LogP contribution in [0, 0.1) is 0 Å². The normalized spacial score (nSPS) is 17.3. The van der Waals surface area contributed by atoms with E-state index in [9.17, 15) is 31.5 Å². The molecular weight excluding hydrogens is 492 g/mol. The number of nitrogens with one attached hydrogen (secondary N) is 2. The van der Waals surface area contributed by atoms with Crippen LogP contribution in [-0.4, -0.2) is 46.6 Å². The topological polar surface area (TPSA) is 87.2 Å². The van der Waals surface area contributed by atoms with Gasteiger partial charge in [-0.15, -0.1) is 0 Å². The van der Waals surface area contributed by atoms with E-state index in [1.54, 1.807) is 4.90 Å². The van der Waals surface area contributed by atoms with Crippen LogP contribution in [0.4, 0.5) is 33.6 Å². The van der Waals surface area contributed by atoms with E-state index in [1.807, 2.05) is 0 Å². The quantitative estimate of drug-likeness (QED) is 0.438. The first-order valence-electron chi connectivity index (χ1n) is 10.7. The molecule has 0 bridgehead atoms. The average Bonchev–Trinajstić information content (AvgIpc) is 3.19. The molecule has 2 amide bonds. The number of halogens is 5. The van der Waals surface area contributed by atoms with Gasteiger partial charge in [0.1, 0.15) is 11.6 Å². The fourth-order valence-electron chi connectivity index (χ4n) is 3.95. The van der Waals surface area contributed by atoms with Crippen molar-refractivity contribution in [2.75, 3.05) is 23.3 Å². The Kier molecular flexibility index (Phi) is 7.64. The van der Waals surface area contributed by atoms with Crippen LogP contribution in [0.25, 0.3) is 11.3 Å². The number of carbonyl (C=O) groups excluding carboxylic acids is 2. The van der Waals surface area contributed by atoms with Crippen molar-refractivity contribution in [1.82, 2.24) is 15.3 Å². The van der Waals surface area contributed by atoms with Gasteiger partial charge >= 0.3 is 6.18 Å². The minimum Gasteiger partial charge on any atom is -0.354 e. The lowest BCUT2D eigenvalue weighted by atomic mass is 9.93. The molecule has 2 aromatic heterocycles. The van der Waals surface area contributed by atoms with Crippen LogP contribution in [-0.2, 0) is 15.8 Å². The average molecular weight is 517 g/mol. The minimum absolute atomic E-state index is 0.00296. The van der Waals surface area contributed by atoms with Crippen molar-refractivity contribution in [2.45, 2.75) is 51.0 Å². The summed E-state index contributed by atoms with van der Waals surface area (Å²) in [6.07, 6.45) is -3.01. The van der Waals surface area contributed by atoms with Crippen molar-refractivity contribution >= 4 is 32.7 Å². The van der Waals surface area contributed by atoms with E-state index in [1.165, 1.54) is 42.3 Å². The van der Waals surface area contributed by atoms with Gasteiger partial charge in [0.25, 0.3) is 5.66 Å². The molecule has 3 atom stereocenters. The van der Waals surface area contributed by atoms with Crippen molar-refractivity contribution in [3.63, 3.8) is 0 Å². The number of hydrogen-bond donors (Lipinski definition) is 2. The largest absolute Gasteiger partial charge is 0.416 e. The number of rotatable bonds is 6. The van der Waals surface area contributed by atoms with E-state index in [0.29, 0.717) is 13.0 Å². The summed E-state index contributed by atoms with van der Waals surface area (Å²) in [4.78, 5) is 33.0. The van der Waals surface area contributed by atoms with Gasteiger partial charge < -0.3 is 15.5 Å². The van der Waals surface area contributed by atoms with Crippen molar-refractivity contribution in [3.8, 4) is 11.3 Å². The molecule has 0 saturated carbocycles. The lowest BCUT2D eigenvalue weighted by molar-refractivity contribution is -0.137. The van der Waals surface area contributed by atoms with Crippen molar-refractivity contribution in [3.05, 3.63) is 35.5 Å². The second-order valence-electron chi connectivity index (χ2n) is 8.43. The molecule has 0 radical (unpaired) electrons. The highest BCUT2D eigenvalue weighted by Crippen LogP contribution is 2.45. The van der Waals surface area contributed by atoms with Gasteiger partial charge in [-0.2, -0.15) is 13.2 Å². The van der Waals surface area contributed by atoms with Crippen molar-refractivity contribution in [2.24, 2.45) is 0 Å². The van der Waals surface area contributed by atoms with Crippen molar-refractivity contribution in [1.29, 1.82) is 0 Å². The molecule has 0 spiro atoms. The SMILES string of the molecule is CC(=O)Nc1nccc(-c2cc(C(F)(F)F)cc(N3CC[C@H](NC(C)=O)C3)n2)c1[C@@H](C)C(F)(F)P. The van der Waals surface area contributed by atoms with Gasteiger partial charge in [-0.05, 0) is 24.6 Å². The predicted molar refractivity (Wildman–Crippen MR) is 124 cm³/mol. The third-order valence-electron chi connectivity index (χ3n) is 5.63. The van der Waals surface area contributed by atoms with E-state index in [0.717, 1.165) is 12.1 Å². The first-order valence-corrected chi connectivity index (χ1v) is 11.3. The number of carbonyl (C=O) groups is 2. The molecule has 1 unspecified atom stereocenters. The fraction of sp³-hybridized carbons (Fsp3) is 0.455. The zero-order valence-corrected chi connectivity index (χ0v) is 20.4. The number of anilines is 2. The summed E-state index contributed by atoms with van der Waals surface area (Å²) in [5.41, 5.74) is -4.70. The van der Waals surface area contributed by atoms with E-state index in [-0.39, 0.29) is 47.0 Å². The number of pyridine rings is 2. The third kappa shape index (κ3) is 6.42. The van der Waals surface area contributed by atoms with Crippen LogP contribution in [0.1, 0.15) is 44.2 Å². The zero-order valence-electron chi connectivity index (χ0n) is 19.2. The van der Waals surface area contributed by atoms with Gasteiger partial charge in [0, 0.05) is 50.3 Å². The molecule has 3 rings (SSSR count). The first kappa shape index (κ1) is 26.7. The molecule has 0 aliphatic carbocycles. The van der Waals surface area contributed by atoms with Gasteiger partial charge in [-0.25, -0.2) is 18.7 Å². The maximum absolute atomic E-state index is 14.3. The van der Waals surface area contributed by atoms with E-state index < -0.39 is 29.2 Å². The van der Waals surface area contributed by atoms with Gasteiger partial charge in [0.15, 0.2) is 0 Å². The molecular formula is C22H25F5N5O2P. The van der Waals surface area contributed by atoms with Crippen LogP contribution in [0.5, 0.6) is 0 Å². The maximum Gasteiger partial charge on any atom is 0.416 e. The molecule has 35 heavy (non-hydrogen) atoms. The van der Waals surface area contributed by atoms with Crippen LogP contribution < -0.4 is 15.5 Å². The smallest absolute Gasteiger partial charge is 0.354 e. The van der Waals surface area contributed by atoms with Crippen molar-refractivity contribution < 1.29 is 31.5 Å². The molecule has 1 fully saturated rings. The Hall–Kier alpha value is -2.88. The van der Waals surface area contributed by atoms with Gasteiger partial charge in [0.2, 0.25) is 11.8 Å². The Morgan fingerprint density at radius 2 is 1.86 bits per heavy atom. The molecule has 1 aliphatic rings. The minimum atomic E-state index is -4.73. The third-order valence-corrected chi connectivity index (χ3v) is 6.13. The monoisotopic (exact) mass is 517 g/mol. The Labute approximate surface area is 201 Å². The molecule has 0 aromatic carbocycles. The molecule has 190 valence electrons. The Morgan fingerprint density at radius 3 is 2.43 bits per heavy atom. The fourth-order valence-corrected chi connectivity index (χ4v) is 4.11. The summed E-state index contributed by atoms with van der Waals surface area (Å²) >= 11 is 0. The summed E-state index contributed by atoms with van der Waals surface area (Å²) in [7, 11) is 1.41. The first-order chi connectivity index (χ1) is 16.2. The van der Waals surface area contributed by atoms with Crippen LogP contribution in [0.2, 0.25) is 0 Å². The van der Waals surface area contributed by atoms with E-state index >= 15 is 0 Å². The van der Waals surface area contributed by atoms with E-state index in [4.69, 9.17) is 0 Å². The number of hydrogen-bond acceptors (Lipinski definition) is 5. The van der Waals surface area contributed by atoms with E-state index in [2.05, 4.69) is 20.6 Å². The highest BCUT2D eigenvalue weighted by molar-refractivity contribution is 7.18. The Balaban J connectivity index is 2.18. The van der Waals surface area contributed by atoms with Gasteiger partial charge in [0.05, 0.1) is 17.2 Å². The highest BCUT2D eigenvalue weighted by atomic mass is 31.0. The highest BCUT2D eigenvalue weighted by Gasteiger charge is 2.37. The second kappa shape index (κ2) is 10.0. The molecule has 1 aliphatic heterocycles. The lowest BCUT2D eigenvalue weighted by Gasteiger charge is -2.25.